The van der Waals surface area contributed by atoms with Gasteiger partial charge in [-0.25, -0.2) is 23.1 Å². The van der Waals surface area contributed by atoms with Crippen LogP contribution in [0.25, 0.3) is 10.9 Å². The summed E-state index contributed by atoms with van der Waals surface area (Å²) in [6, 6.07) is 6.16. The first kappa shape index (κ1) is 21.3. The average Bonchev–Trinajstić information content (AvgIpc) is 2.76. The molecule has 2 N–H and O–H groups in total. The van der Waals surface area contributed by atoms with Gasteiger partial charge >= 0.3 is 0 Å². The molecule has 2 fully saturated rings. The average molecular weight is 435 g/mol. The molecule has 1 aromatic heterocycles. The number of fused-ring (bicyclic) bond motifs is 1. The molecule has 9 heteroatoms. The number of nitrogens with one attached hydrogen (secondary N) is 2. The monoisotopic (exact) mass is 434 g/mol. The maximum atomic E-state index is 11.8. The lowest BCUT2D eigenvalue weighted by molar-refractivity contribution is 0.0261. The Balaban J connectivity index is 1.40. The van der Waals surface area contributed by atoms with E-state index >= 15 is 0 Å². The standard InChI is InChI=1S/C21H30N4O4S/c1-2-30(26,27)25-17-8-6-16(7-9-17)23-21-22-14-15-4-3-5-19(20(15)24-21)29-18-10-12-28-13-11-18/h3-5,14,16-18,25H,2,6-13H2,1H3,(H,22,23,24). The number of ether oxygens (including phenoxy) is 2. The highest BCUT2D eigenvalue weighted by molar-refractivity contribution is 7.89. The van der Waals surface area contributed by atoms with Crippen molar-refractivity contribution in [1.82, 2.24) is 14.7 Å². The zero-order chi connectivity index (χ0) is 21.0. The van der Waals surface area contributed by atoms with E-state index in [9.17, 15) is 8.42 Å². The molecule has 0 spiro atoms. The molecule has 0 amide bonds. The van der Waals surface area contributed by atoms with Gasteiger partial charge in [-0.2, -0.15) is 0 Å². The van der Waals surface area contributed by atoms with E-state index in [-0.39, 0.29) is 23.9 Å². The van der Waals surface area contributed by atoms with E-state index in [1.54, 1.807) is 6.92 Å². The van der Waals surface area contributed by atoms with Crippen LogP contribution in [0.15, 0.2) is 24.4 Å². The Morgan fingerprint density at radius 1 is 1.10 bits per heavy atom. The van der Waals surface area contributed by atoms with Crippen LogP contribution in [0.4, 0.5) is 5.95 Å². The van der Waals surface area contributed by atoms with E-state index < -0.39 is 10.0 Å². The number of benzene rings is 1. The second-order valence-corrected chi connectivity index (χ2v) is 10.1. The van der Waals surface area contributed by atoms with Crippen LogP contribution < -0.4 is 14.8 Å². The molecule has 1 saturated heterocycles. The fourth-order valence-electron chi connectivity index (χ4n) is 4.04. The Kier molecular flexibility index (Phi) is 6.70. The molecule has 8 nitrogen and oxygen atoms in total. The second-order valence-electron chi connectivity index (χ2n) is 8.03. The minimum absolute atomic E-state index is 0.0185. The highest BCUT2D eigenvalue weighted by Crippen LogP contribution is 2.28. The maximum Gasteiger partial charge on any atom is 0.223 e. The number of anilines is 1. The van der Waals surface area contributed by atoms with Crippen LogP contribution in [0.2, 0.25) is 0 Å². The van der Waals surface area contributed by atoms with Gasteiger partial charge in [0.2, 0.25) is 16.0 Å². The lowest BCUT2D eigenvalue weighted by Crippen LogP contribution is -2.40. The molecule has 1 aromatic carbocycles. The zero-order valence-electron chi connectivity index (χ0n) is 17.3. The first-order valence-corrected chi connectivity index (χ1v) is 12.4. The highest BCUT2D eigenvalue weighted by atomic mass is 32.2. The Bertz CT molecular complexity index is 955. The van der Waals surface area contributed by atoms with Gasteiger partial charge in [0.25, 0.3) is 0 Å². The van der Waals surface area contributed by atoms with E-state index in [0.29, 0.717) is 5.95 Å². The number of nitrogens with zero attached hydrogens (tertiary/aromatic N) is 2. The number of sulfonamides is 1. The molecule has 1 aliphatic carbocycles. The summed E-state index contributed by atoms with van der Waals surface area (Å²) in [6.07, 6.45) is 7.11. The van der Waals surface area contributed by atoms with Crippen LogP contribution in [-0.4, -0.2) is 55.5 Å². The van der Waals surface area contributed by atoms with Gasteiger partial charge in [0.15, 0.2) is 0 Å². The van der Waals surface area contributed by atoms with Gasteiger partial charge in [0, 0.05) is 36.5 Å². The van der Waals surface area contributed by atoms with Crippen LogP contribution in [0.3, 0.4) is 0 Å². The summed E-state index contributed by atoms with van der Waals surface area (Å²) in [4.78, 5) is 9.21. The maximum absolute atomic E-state index is 11.8. The minimum atomic E-state index is -3.15. The molecule has 2 aromatic rings. The van der Waals surface area contributed by atoms with E-state index in [2.05, 4.69) is 15.0 Å². The summed E-state index contributed by atoms with van der Waals surface area (Å²) in [6.45, 7) is 3.12. The predicted octanol–water partition coefficient (Wildman–Crippen LogP) is 2.85. The summed E-state index contributed by atoms with van der Waals surface area (Å²) in [5.41, 5.74) is 0.811. The molecule has 4 rings (SSSR count). The minimum Gasteiger partial charge on any atom is -0.488 e. The normalized spacial score (nSPS) is 23.4. The molecule has 0 unspecified atom stereocenters. The van der Waals surface area contributed by atoms with Crippen molar-refractivity contribution in [3.05, 3.63) is 24.4 Å². The van der Waals surface area contributed by atoms with E-state index in [1.165, 1.54) is 0 Å². The molecule has 1 saturated carbocycles. The third kappa shape index (κ3) is 5.39. The highest BCUT2D eigenvalue weighted by Gasteiger charge is 2.25. The van der Waals surface area contributed by atoms with Gasteiger partial charge < -0.3 is 14.8 Å². The fraction of sp³-hybridized carbons (Fsp3) is 0.619. The van der Waals surface area contributed by atoms with Crippen molar-refractivity contribution >= 4 is 26.9 Å². The third-order valence-corrected chi connectivity index (χ3v) is 7.27. The molecule has 0 bridgehead atoms. The van der Waals surface area contributed by atoms with Crippen molar-refractivity contribution in [3.63, 3.8) is 0 Å². The van der Waals surface area contributed by atoms with Gasteiger partial charge in [-0.05, 0) is 38.7 Å². The van der Waals surface area contributed by atoms with E-state index in [0.717, 1.165) is 68.4 Å². The largest absolute Gasteiger partial charge is 0.488 e. The van der Waals surface area contributed by atoms with E-state index in [4.69, 9.17) is 14.5 Å². The molecule has 0 radical (unpaired) electrons. The smallest absolute Gasteiger partial charge is 0.223 e. The quantitative estimate of drug-likeness (QED) is 0.691. The first-order chi connectivity index (χ1) is 14.5. The lowest BCUT2D eigenvalue weighted by Gasteiger charge is -2.29. The van der Waals surface area contributed by atoms with Crippen LogP contribution >= 0.6 is 0 Å². The van der Waals surface area contributed by atoms with Crippen molar-refractivity contribution in [1.29, 1.82) is 0 Å². The van der Waals surface area contributed by atoms with Crippen LogP contribution in [0, 0.1) is 0 Å². The molecule has 2 aliphatic rings. The summed E-state index contributed by atoms with van der Waals surface area (Å²) in [7, 11) is -3.15. The summed E-state index contributed by atoms with van der Waals surface area (Å²) in [5.74, 6) is 1.49. The van der Waals surface area contributed by atoms with Crippen LogP contribution in [-0.2, 0) is 14.8 Å². The second kappa shape index (κ2) is 9.45. The number of hydrogen-bond donors (Lipinski definition) is 2. The summed E-state index contributed by atoms with van der Waals surface area (Å²) < 4.78 is 38.0. The Morgan fingerprint density at radius 2 is 1.83 bits per heavy atom. The van der Waals surface area contributed by atoms with Crippen LogP contribution in [0.5, 0.6) is 5.75 Å². The van der Waals surface area contributed by atoms with Crippen LogP contribution in [0.1, 0.15) is 45.4 Å². The van der Waals surface area contributed by atoms with Gasteiger partial charge in [-0.3, -0.25) is 0 Å². The Labute approximate surface area is 177 Å². The number of para-hydroxylation sites is 1. The van der Waals surface area contributed by atoms with Crippen molar-refractivity contribution in [2.24, 2.45) is 0 Å². The molecular weight excluding hydrogens is 404 g/mol. The number of aromatic nitrogens is 2. The molecule has 30 heavy (non-hydrogen) atoms. The number of rotatable bonds is 7. The van der Waals surface area contributed by atoms with Crippen molar-refractivity contribution in [2.45, 2.75) is 63.6 Å². The molecule has 164 valence electrons. The van der Waals surface area contributed by atoms with Gasteiger partial charge in [0.05, 0.1) is 19.0 Å². The van der Waals surface area contributed by atoms with Crippen molar-refractivity contribution in [3.8, 4) is 5.75 Å². The fourth-order valence-corrected chi connectivity index (χ4v) is 4.95. The van der Waals surface area contributed by atoms with Crippen molar-refractivity contribution < 1.29 is 17.9 Å². The summed E-state index contributed by atoms with van der Waals surface area (Å²) >= 11 is 0. The Morgan fingerprint density at radius 3 is 2.57 bits per heavy atom. The Hall–Kier alpha value is -1.97. The van der Waals surface area contributed by atoms with Gasteiger partial charge in [-0.15, -0.1) is 0 Å². The third-order valence-electron chi connectivity index (χ3n) is 5.82. The molecular formula is C21H30N4O4S. The zero-order valence-corrected chi connectivity index (χ0v) is 18.2. The molecule has 1 aliphatic heterocycles. The summed E-state index contributed by atoms with van der Waals surface area (Å²) in [5, 5.41) is 4.37. The van der Waals surface area contributed by atoms with Crippen molar-refractivity contribution in [2.75, 3.05) is 24.3 Å². The molecule has 0 atom stereocenters. The van der Waals surface area contributed by atoms with Gasteiger partial charge in [0.1, 0.15) is 17.4 Å². The first-order valence-electron chi connectivity index (χ1n) is 10.8. The lowest BCUT2D eigenvalue weighted by atomic mass is 9.92. The molecule has 2 heterocycles. The van der Waals surface area contributed by atoms with Gasteiger partial charge in [-0.1, -0.05) is 12.1 Å². The predicted molar refractivity (Wildman–Crippen MR) is 116 cm³/mol. The number of hydrogen-bond acceptors (Lipinski definition) is 7. The topological polar surface area (TPSA) is 102 Å². The van der Waals surface area contributed by atoms with E-state index in [1.807, 2.05) is 24.4 Å². The SMILES string of the molecule is CCS(=O)(=O)NC1CCC(Nc2ncc3cccc(OC4CCOCC4)c3n2)CC1.